The van der Waals surface area contributed by atoms with Crippen LogP contribution >= 0.6 is 0 Å². The lowest BCUT2D eigenvalue weighted by atomic mass is 9.80. The van der Waals surface area contributed by atoms with Crippen molar-refractivity contribution >= 4 is 23.5 Å². The molecule has 1 aromatic rings. The number of hydrogen-bond donors (Lipinski definition) is 1. The van der Waals surface area contributed by atoms with Gasteiger partial charge in [0.25, 0.3) is 5.91 Å². The predicted molar refractivity (Wildman–Crippen MR) is 127 cm³/mol. The van der Waals surface area contributed by atoms with Crippen LogP contribution in [-0.2, 0) is 31.0 Å². The van der Waals surface area contributed by atoms with Gasteiger partial charge in [0.2, 0.25) is 11.8 Å². The number of nitrogens with one attached hydrogen (secondary N) is 1. The summed E-state index contributed by atoms with van der Waals surface area (Å²) in [5, 5.41) is 2.58. The van der Waals surface area contributed by atoms with Crippen LogP contribution in [-0.4, -0.2) is 65.1 Å². The molecule has 1 heterocycles. The molecular formula is C26H34N4O4. The average molecular weight is 467 g/mol. The second kappa shape index (κ2) is 9.21. The van der Waals surface area contributed by atoms with Crippen LogP contribution in [0.5, 0.6) is 0 Å². The molecule has 1 aliphatic carbocycles. The lowest BCUT2D eigenvalue weighted by molar-refractivity contribution is -0.147. The molecule has 1 aromatic carbocycles. The lowest BCUT2D eigenvalue weighted by Gasteiger charge is -2.36. The monoisotopic (exact) mass is 466 g/mol. The molecule has 1 N–H and O–H groups in total. The fraction of sp³-hybridized carbons (Fsp3) is 0.577. The van der Waals surface area contributed by atoms with Crippen LogP contribution in [0, 0.1) is 12.0 Å². The molecule has 1 aliphatic heterocycles. The van der Waals surface area contributed by atoms with E-state index in [0.29, 0.717) is 12.8 Å². The smallest absolute Gasteiger partial charge is 0.302 e. The van der Waals surface area contributed by atoms with Gasteiger partial charge in [-0.15, -0.1) is 0 Å². The first-order chi connectivity index (χ1) is 15.8. The average Bonchev–Trinajstić information content (AvgIpc) is 3.28. The van der Waals surface area contributed by atoms with E-state index in [-0.39, 0.29) is 41.9 Å². The summed E-state index contributed by atoms with van der Waals surface area (Å²) in [6.07, 6.45) is 0.169. The maximum atomic E-state index is 13.9. The number of benzene rings is 1. The summed E-state index contributed by atoms with van der Waals surface area (Å²) >= 11 is 0. The van der Waals surface area contributed by atoms with Gasteiger partial charge >= 0.3 is 6.17 Å². The van der Waals surface area contributed by atoms with Gasteiger partial charge in [0.15, 0.2) is 0 Å². The summed E-state index contributed by atoms with van der Waals surface area (Å²) in [6.45, 7) is 16.8. The first kappa shape index (κ1) is 25.4. The Morgan fingerprint density at radius 2 is 1.94 bits per heavy atom. The zero-order chi connectivity index (χ0) is 25.4. The summed E-state index contributed by atoms with van der Waals surface area (Å²) in [6, 6.07) is 6.02. The van der Waals surface area contributed by atoms with Gasteiger partial charge in [-0.05, 0) is 29.9 Å². The van der Waals surface area contributed by atoms with Crippen molar-refractivity contribution in [3.05, 3.63) is 46.8 Å². The molecule has 4 atom stereocenters. The maximum Gasteiger partial charge on any atom is 0.302 e. The van der Waals surface area contributed by atoms with Gasteiger partial charge in [-0.2, -0.15) is 0 Å². The molecule has 0 bridgehead atoms. The second-order valence-electron chi connectivity index (χ2n) is 10.8. The number of carbonyl (C=O) groups is 4. The highest BCUT2D eigenvalue weighted by molar-refractivity contribution is 5.99. The molecule has 0 saturated carbocycles. The molecular weight excluding hydrogens is 432 g/mol. The Kier molecular flexibility index (Phi) is 6.88. The maximum absolute atomic E-state index is 13.9. The van der Waals surface area contributed by atoms with E-state index in [0.717, 1.165) is 11.1 Å². The van der Waals surface area contributed by atoms with Crippen molar-refractivity contribution in [2.75, 3.05) is 13.6 Å². The Labute approximate surface area is 201 Å². The Bertz CT molecular complexity index is 1050. The highest BCUT2D eigenvalue weighted by Gasteiger charge is 2.58. The van der Waals surface area contributed by atoms with Crippen molar-refractivity contribution in [1.82, 2.24) is 15.1 Å². The van der Waals surface area contributed by atoms with Crippen LogP contribution in [0.1, 0.15) is 58.6 Å². The van der Waals surface area contributed by atoms with Gasteiger partial charge in [0.05, 0.1) is 11.8 Å². The quantitative estimate of drug-likeness (QED) is 0.675. The van der Waals surface area contributed by atoms with Gasteiger partial charge in [-0.1, -0.05) is 45.0 Å². The molecule has 0 unspecified atom stereocenters. The normalized spacial score (nSPS) is 23.3. The van der Waals surface area contributed by atoms with E-state index in [4.69, 9.17) is 6.57 Å². The number of likely N-dealkylation sites (N-methyl/N-ethyl adjacent to an activating group) is 1. The molecule has 1 saturated heterocycles. The summed E-state index contributed by atoms with van der Waals surface area (Å²) in [7, 11) is 1.56. The van der Waals surface area contributed by atoms with Crippen LogP contribution in [0.3, 0.4) is 0 Å². The molecule has 1 spiro atoms. The van der Waals surface area contributed by atoms with E-state index in [1.165, 1.54) is 16.7 Å². The SMILES string of the molecule is [C-]#[N+][C@@H]1C[C@@]2(CN1C(=O)[C@H](CC(C)(C)C)N(C)C(=O)[C@H](C)NC(C)=O)C(=O)Cc1ccccc12. The number of ketones is 1. The molecule has 182 valence electrons. The first-order valence-corrected chi connectivity index (χ1v) is 11.6. The standard InChI is InChI=1S/C26H34N4O4/c1-16(28-17(2)31)23(33)29(7)20(13-25(3,4)5)24(34)30-15-26(14-22(30)27-6)19-11-9-8-10-18(19)12-21(26)32/h8-11,16,20,22H,12-15H2,1-5,7H3,(H,28,31)/t16-,20-,22-,26-/m0/s1. The van der Waals surface area contributed by atoms with E-state index in [9.17, 15) is 19.2 Å². The third kappa shape index (κ3) is 4.70. The van der Waals surface area contributed by atoms with Crippen molar-refractivity contribution in [3.8, 4) is 0 Å². The largest absolute Gasteiger partial charge is 0.345 e. The fourth-order valence-electron chi connectivity index (χ4n) is 5.24. The highest BCUT2D eigenvalue weighted by Crippen LogP contribution is 2.46. The summed E-state index contributed by atoms with van der Waals surface area (Å²) in [5.41, 5.74) is 0.695. The van der Waals surface area contributed by atoms with Crippen LogP contribution in [0.25, 0.3) is 4.85 Å². The molecule has 2 aliphatic rings. The molecule has 3 rings (SSSR count). The topological polar surface area (TPSA) is 91.2 Å². The van der Waals surface area contributed by atoms with E-state index in [2.05, 4.69) is 10.2 Å². The Balaban J connectivity index is 1.94. The Morgan fingerprint density at radius 3 is 2.53 bits per heavy atom. The third-order valence-corrected chi connectivity index (χ3v) is 6.88. The summed E-state index contributed by atoms with van der Waals surface area (Å²) in [4.78, 5) is 58.2. The molecule has 8 heteroatoms. The van der Waals surface area contributed by atoms with E-state index in [1.54, 1.807) is 14.0 Å². The van der Waals surface area contributed by atoms with Crippen LogP contribution in [0.4, 0.5) is 0 Å². The number of carbonyl (C=O) groups excluding carboxylic acids is 4. The number of likely N-dealkylation sites (tertiary alicyclic amines) is 1. The van der Waals surface area contributed by atoms with Gasteiger partial charge in [-0.25, -0.2) is 6.57 Å². The van der Waals surface area contributed by atoms with Gasteiger partial charge in [-0.3, -0.25) is 28.9 Å². The number of hydrogen-bond acceptors (Lipinski definition) is 4. The van der Waals surface area contributed by atoms with Crippen molar-refractivity contribution in [2.45, 2.75) is 77.5 Å². The number of nitrogens with zero attached hydrogens (tertiary/aromatic N) is 3. The third-order valence-electron chi connectivity index (χ3n) is 6.88. The van der Waals surface area contributed by atoms with E-state index < -0.39 is 23.7 Å². The fourth-order valence-corrected chi connectivity index (χ4v) is 5.24. The van der Waals surface area contributed by atoms with Crippen LogP contribution in [0.15, 0.2) is 24.3 Å². The minimum atomic E-state index is -0.875. The van der Waals surface area contributed by atoms with Crippen LogP contribution < -0.4 is 5.32 Å². The summed E-state index contributed by atoms with van der Waals surface area (Å²) in [5.74, 6) is -1.01. The molecule has 8 nitrogen and oxygen atoms in total. The van der Waals surface area contributed by atoms with Gasteiger partial charge in [0.1, 0.15) is 17.9 Å². The summed E-state index contributed by atoms with van der Waals surface area (Å²) < 4.78 is 0. The Hall–Kier alpha value is -3.21. The molecule has 3 amide bonds. The molecule has 0 radical (unpaired) electrons. The van der Waals surface area contributed by atoms with Crippen molar-refractivity contribution in [1.29, 1.82) is 0 Å². The minimum absolute atomic E-state index is 0.0359. The van der Waals surface area contributed by atoms with Gasteiger partial charge < -0.3 is 10.2 Å². The number of rotatable bonds is 5. The molecule has 34 heavy (non-hydrogen) atoms. The zero-order valence-electron chi connectivity index (χ0n) is 20.8. The highest BCUT2D eigenvalue weighted by atomic mass is 16.2. The number of Topliss-reactive ketones (excluding diaryl/α,β-unsaturated/α-hetero) is 1. The van der Waals surface area contributed by atoms with E-state index in [1.807, 2.05) is 45.0 Å². The van der Waals surface area contributed by atoms with Crippen LogP contribution in [0.2, 0.25) is 0 Å². The number of amides is 3. The Morgan fingerprint density at radius 1 is 1.29 bits per heavy atom. The number of fused-ring (bicyclic) bond motifs is 2. The zero-order valence-corrected chi connectivity index (χ0v) is 20.8. The van der Waals surface area contributed by atoms with Crippen molar-refractivity contribution in [2.24, 2.45) is 5.41 Å². The predicted octanol–water partition coefficient (Wildman–Crippen LogP) is 2.32. The second-order valence-corrected chi connectivity index (χ2v) is 10.8. The lowest BCUT2D eigenvalue weighted by Crippen LogP contribution is -2.55. The van der Waals surface area contributed by atoms with Gasteiger partial charge in [0, 0.05) is 26.9 Å². The molecule has 0 aromatic heterocycles. The minimum Gasteiger partial charge on any atom is -0.345 e. The first-order valence-electron chi connectivity index (χ1n) is 11.6. The van der Waals surface area contributed by atoms with Crippen molar-refractivity contribution < 1.29 is 19.2 Å². The van der Waals surface area contributed by atoms with E-state index >= 15 is 0 Å². The van der Waals surface area contributed by atoms with Crippen molar-refractivity contribution in [3.63, 3.8) is 0 Å². The molecule has 1 fully saturated rings.